The molecule has 1 amide bonds. The maximum atomic E-state index is 14.0. The van der Waals surface area contributed by atoms with Crippen LogP contribution in [0.15, 0.2) is 108 Å². The van der Waals surface area contributed by atoms with Crippen LogP contribution in [0.2, 0.25) is 5.02 Å². The Morgan fingerprint density at radius 3 is 1.89 bits per heavy atom. The molecule has 0 aliphatic carbocycles. The minimum Gasteiger partial charge on any atom is -0.495 e. The average Bonchev–Trinajstić information content (AvgIpc) is 2.92. The van der Waals surface area contributed by atoms with Crippen molar-refractivity contribution >= 4 is 33.2 Å². The first-order chi connectivity index (χ1) is 18.3. The van der Waals surface area contributed by atoms with E-state index in [1.54, 1.807) is 29.2 Å². The summed E-state index contributed by atoms with van der Waals surface area (Å²) >= 11 is 6.28. The third-order valence-corrected chi connectivity index (χ3v) is 8.09. The van der Waals surface area contributed by atoms with Crippen LogP contribution in [0.25, 0.3) is 0 Å². The summed E-state index contributed by atoms with van der Waals surface area (Å²) in [6.45, 7) is 2.08. The fourth-order valence-electron chi connectivity index (χ4n) is 4.06. The smallest absolute Gasteiger partial charge is 0.264 e. The lowest BCUT2D eigenvalue weighted by molar-refractivity contribution is -0.130. The van der Waals surface area contributed by atoms with E-state index in [-0.39, 0.29) is 22.2 Å². The number of hydrogen-bond donors (Lipinski definition) is 0. The highest BCUT2D eigenvalue weighted by Crippen LogP contribution is 2.35. The fraction of sp³-hybridized carbons (Fsp3) is 0.167. The SMILES string of the molecule is COc1ccc(Cl)cc1N(CC(=O)N(Cc1ccccc1)Cc1ccccc1)S(=O)(=O)c1ccc(C)cc1. The number of ether oxygens (including phenoxy) is 1. The van der Waals surface area contributed by atoms with E-state index in [2.05, 4.69) is 0 Å². The minimum atomic E-state index is -4.15. The molecule has 0 radical (unpaired) electrons. The number of amides is 1. The molecule has 4 aromatic rings. The summed E-state index contributed by atoms with van der Waals surface area (Å²) in [5.41, 5.74) is 2.98. The Labute approximate surface area is 229 Å². The lowest BCUT2D eigenvalue weighted by Gasteiger charge is -2.29. The third kappa shape index (κ3) is 6.54. The van der Waals surface area contributed by atoms with Gasteiger partial charge in [0.05, 0.1) is 17.7 Å². The molecule has 6 nitrogen and oxygen atoms in total. The van der Waals surface area contributed by atoms with E-state index in [0.29, 0.717) is 18.1 Å². The van der Waals surface area contributed by atoms with Crippen molar-refractivity contribution in [2.75, 3.05) is 18.0 Å². The third-order valence-electron chi connectivity index (χ3n) is 6.08. The van der Waals surface area contributed by atoms with Gasteiger partial charge in [0.15, 0.2) is 0 Å². The number of benzene rings is 4. The first-order valence-corrected chi connectivity index (χ1v) is 13.9. The van der Waals surface area contributed by atoms with Gasteiger partial charge in [-0.05, 0) is 48.4 Å². The van der Waals surface area contributed by atoms with E-state index in [1.807, 2.05) is 67.6 Å². The first-order valence-electron chi connectivity index (χ1n) is 12.1. The van der Waals surface area contributed by atoms with E-state index in [0.717, 1.165) is 21.0 Å². The normalized spacial score (nSPS) is 11.1. The summed E-state index contributed by atoms with van der Waals surface area (Å²) in [6, 6.07) is 30.4. The molecule has 196 valence electrons. The molecule has 0 aromatic heterocycles. The molecule has 8 heteroatoms. The van der Waals surface area contributed by atoms with Gasteiger partial charge >= 0.3 is 0 Å². The molecular weight excluding hydrogens is 520 g/mol. The predicted octanol–water partition coefficient (Wildman–Crippen LogP) is 6.08. The van der Waals surface area contributed by atoms with Gasteiger partial charge in [0.1, 0.15) is 12.3 Å². The van der Waals surface area contributed by atoms with Crippen LogP contribution in [0.4, 0.5) is 5.69 Å². The molecule has 0 fully saturated rings. The van der Waals surface area contributed by atoms with Gasteiger partial charge < -0.3 is 9.64 Å². The van der Waals surface area contributed by atoms with Gasteiger partial charge in [-0.25, -0.2) is 8.42 Å². The summed E-state index contributed by atoms with van der Waals surface area (Å²) < 4.78 is 34.5. The van der Waals surface area contributed by atoms with Crippen molar-refractivity contribution < 1.29 is 17.9 Å². The largest absolute Gasteiger partial charge is 0.495 e. The number of methoxy groups -OCH3 is 1. The zero-order valence-electron chi connectivity index (χ0n) is 21.2. The Balaban J connectivity index is 1.75. The van der Waals surface area contributed by atoms with Gasteiger partial charge in [-0.1, -0.05) is 90.0 Å². The Kier molecular flexibility index (Phi) is 8.71. The van der Waals surface area contributed by atoms with Crippen LogP contribution >= 0.6 is 11.6 Å². The Morgan fingerprint density at radius 2 is 1.37 bits per heavy atom. The highest BCUT2D eigenvalue weighted by atomic mass is 35.5. The Morgan fingerprint density at radius 1 is 0.816 bits per heavy atom. The number of halogens is 1. The summed E-state index contributed by atoms with van der Waals surface area (Å²) in [7, 11) is -2.70. The first kappa shape index (κ1) is 27.2. The standard InChI is InChI=1S/C30H29ClN2O4S/c1-23-13-16-27(17-14-23)38(35,36)33(28-19-26(31)15-18-29(28)37-2)22-30(34)32(20-24-9-5-3-6-10-24)21-25-11-7-4-8-12-25/h3-19H,20-22H2,1-2H3. The molecule has 4 aromatic carbocycles. The number of carbonyl (C=O) groups excluding carboxylic acids is 1. The highest BCUT2D eigenvalue weighted by Gasteiger charge is 2.31. The molecule has 0 aliphatic heterocycles. The number of hydrogen-bond acceptors (Lipinski definition) is 4. The van der Waals surface area contributed by atoms with Crippen LogP contribution in [0, 0.1) is 6.92 Å². The summed E-state index contributed by atoms with van der Waals surface area (Å²) in [6.07, 6.45) is 0. The van der Waals surface area contributed by atoms with Gasteiger partial charge in [0.25, 0.3) is 10.0 Å². The zero-order chi connectivity index (χ0) is 27.1. The number of carbonyl (C=O) groups is 1. The molecular formula is C30H29ClN2O4S. The molecule has 0 unspecified atom stereocenters. The fourth-order valence-corrected chi connectivity index (χ4v) is 5.64. The van der Waals surface area contributed by atoms with Gasteiger partial charge in [0, 0.05) is 18.1 Å². The Hall–Kier alpha value is -3.81. The van der Waals surface area contributed by atoms with Gasteiger partial charge in [-0.15, -0.1) is 0 Å². The molecule has 0 bridgehead atoms. The quantitative estimate of drug-likeness (QED) is 0.241. The summed E-state index contributed by atoms with van der Waals surface area (Å²) in [5, 5.41) is 0.322. The second-order valence-corrected chi connectivity index (χ2v) is 11.2. The molecule has 0 spiro atoms. The van der Waals surface area contributed by atoms with Crippen molar-refractivity contribution in [2.45, 2.75) is 24.9 Å². The van der Waals surface area contributed by atoms with E-state index in [4.69, 9.17) is 16.3 Å². The van der Waals surface area contributed by atoms with Crippen molar-refractivity contribution in [1.82, 2.24) is 4.90 Å². The lowest BCUT2D eigenvalue weighted by atomic mass is 10.1. The number of sulfonamides is 1. The van der Waals surface area contributed by atoms with E-state index in [1.165, 1.54) is 25.3 Å². The summed E-state index contributed by atoms with van der Waals surface area (Å²) in [4.78, 5) is 15.6. The van der Waals surface area contributed by atoms with Crippen LogP contribution in [0.1, 0.15) is 16.7 Å². The van der Waals surface area contributed by atoms with E-state index >= 15 is 0 Å². The number of anilines is 1. The highest BCUT2D eigenvalue weighted by molar-refractivity contribution is 7.92. The number of aryl methyl sites for hydroxylation is 1. The van der Waals surface area contributed by atoms with Crippen LogP contribution in [0.5, 0.6) is 5.75 Å². The van der Waals surface area contributed by atoms with Crippen LogP contribution in [0.3, 0.4) is 0 Å². The monoisotopic (exact) mass is 548 g/mol. The van der Waals surface area contributed by atoms with Crippen molar-refractivity contribution in [2.24, 2.45) is 0 Å². The molecule has 0 N–H and O–H groups in total. The molecule has 0 heterocycles. The van der Waals surface area contributed by atoms with Crippen molar-refractivity contribution in [3.8, 4) is 5.75 Å². The van der Waals surface area contributed by atoms with E-state index in [9.17, 15) is 13.2 Å². The molecule has 4 rings (SSSR count). The summed E-state index contributed by atoms with van der Waals surface area (Å²) in [5.74, 6) is -0.0778. The molecule has 0 atom stereocenters. The maximum absolute atomic E-state index is 14.0. The van der Waals surface area contributed by atoms with E-state index < -0.39 is 16.6 Å². The van der Waals surface area contributed by atoms with Crippen LogP contribution in [-0.4, -0.2) is 32.9 Å². The second kappa shape index (κ2) is 12.2. The molecule has 38 heavy (non-hydrogen) atoms. The van der Waals surface area contributed by atoms with Crippen LogP contribution < -0.4 is 9.04 Å². The topological polar surface area (TPSA) is 66.9 Å². The second-order valence-electron chi connectivity index (χ2n) is 8.86. The van der Waals surface area contributed by atoms with Gasteiger partial charge in [0.2, 0.25) is 5.91 Å². The van der Waals surface area contributed by atoms with Crippen molar-refractivity contribution in [3.05, 3.63) is 125 Å². The van der Waals surface area contributed by atoms with Gasteiger partial charge in [-0.3, -0.25) is 9.10 Å². The zero-order valence-corrected chi connectivity index (χ0v) is 22.8. The predicted molar refractivity (Wildman–Crippen MR) is 151 cm³/mol. The molecule has 0 saturated carbocycles. The minimum absolute atomic E-state index is 0.0654. The van der Waals surface area contributed by atoms with Gasteiger partial charge in [-0.2, -0.15) is 0 Å². The molecule has 0 aliphatic rings. The number of rotatable bonds is 10. The van der Waals surface area contributed by atoms with Crippen molar-refractivity contribution in [3.63, 3.8) is 0 Å². The van der Waals surface area contributed by atoms with Crippen LogP contribution in [-0.2, 0) is 27.9 Å². The Bertz CT molecular complexity index is 1440. The lowest BCUT2D eigenvalue weighted by Crippen LogP contribution is -2.42. The maximum Gasteiger partial charge on any atom is 0.264 e. The molecule has 0 saturated heterocycles. The average molecular weight is 549 g/mol. The van der Waals surface area contributed by atoms with Crippen molar-refractivity contribution in [1.29, 1.82) is 0 Å². The number of nitrogens with zero attached hydrogens (tertiary/aromatic N) is 2.